The number of rotatable bonds is 0. The second-order valence-corrected chi connectivity index (χ2v) is 5.44. The van der Waals surface area contributed by atoms with Gasteiger partial charge in [-0.05, 0) is 36.3 Å². The average Bonchev–Trinajstić information content (AvgIpc) is 2.53. The zero-order valence-corrected chi connectivity index (χ0v) is 12.7. The highest BCUT2D eigenvalue weighted by Crippen LogP contribution is 2.47. The molecule has 0 saturated heterocycles. The fourth-order valence-electron chi connectivity index (χ4n) is 2.30. The molecule has 1 atom stereocenters. The molecule has 1 heterocycles. The maximum absolute atomic E-state index is 13.8. The number of carbonyl (C=O) groups is 1. The van der Waals surface area contributed by atoms with E-state index in [9.17, 15) is 18.0 Å². The molecule has 0 aromatic heterocycles. The highest BCUT2D eigenvalue weighted by atomic mass is 35.5. The fraction of sp³-hybridized carbons (Fsp3) is 0.118. The second-order valence-electron chi connectivity index (χ2n) is 5.00. The maximum Gasteiger partial charge on any atom is 0.445 e. The minimum atomic E-state index is -4.95. The molecule has 3 rings (SSSR count). The number of nitrogens with one attached hydrogen (secondary N) is 1. The Balaban J connectivity index is 2.23. The molecule has 0 bridgehead atoms. The van der Waals surface area contributed by atoms with Crippen LogP contribution in [0.25, 0.3) is 0 Å². The van der Waals surface area contributed by atoms with E-state index in [0.29, 0.717) is 5.56 Å². The van der Waals surface area contributed by atoms with Gasteiger partial charge in [0.1, 0.15) is 0 Å². The van der Waals surface area contributed by atoms with Crippen molar-refractivity contribution >= 4 is 23.4 Å². The summed E-state index contributed by atoms with van der Waals surface area (Å²) in [6.07, 6.45) is -6.18. The van der Waals surface area contributed by atoms with Gasteiger partial charge in [0.25, 0.3) is 5.60 Å². The van der Waals surface area contributed by atoms with E-state index in [1.807, 2.05) is 0 Å². The summed E-state index contributed by atoms with van der Waals surface area (Å²) in [4.78, 5) is 11.7. The smallest absolute Gasteiger partial charge is 0.415 e. The lowest BCUT2D eigenvalue weighted by atomic mass is 9.90. The zero-order chi connectivity index (χ0) is 17.4. The van der Waals surface area contributed by atoms with Crippen molar-refractivity contribution in [2.24, 2.45) is 0 Å². The van der Waals surface area contributed by atoms with Crippen LogP contribution in [0.4, 0.5) is 23.7 Å². The molecule has 7 heteroatoms. The van der Waals surface area contributed by atoms with Gasteiger partial charge in [0, 0.05) is 16.1 Å². The van der Waals surface area contributed by atoms with E-state index in [0.717, 1.165) is 6.07 Å². The SMILES string of the molecule is O=C1Nc2ccc(Cl)cc2C(C#Cc2ccccc2)(C(F)(F)F)O1. The van der Waals surface area contributed by atoms with Gasteiger partial charge in [-0.25, -0.2) is 4.79 Å². The number of anilines is 1. The Labute approximate surface area is 140 Å². The maximum atomic E-state index is 13.8. The molecule has 122 valence electrons. The molecule has 0 saturated carbocycles. The van der Waals surface area contributed by atoms with Crippen molar-refractivity contribution < 1.29 is 22.7 Å². The van der Waals surface area contributed by atoms with Crippen LogP contribution in [-0.2, 0) is 10.3 Å². The Morgan fingerprint density at radius 2 is 1.83 bits per heavy atom. The molecule has 1 aliphatic heterocycles. The van der Waals surface area contributed by atoms with Gasteiger partial charge in [0.2, 0.25) is 0 Å². The number of alkyl halides is 3. The van der Waals surface area contributed by atoms with Gasteiger partial charge in [-0.3, -0.25) is 5.32 Å². The van der Waals surface area contributed by atoms with Crippen molar-refractivity contribution in [3.8, 4) is 11.8 Å². The molecule has 0 fully saturated rings. The van der Waals surface area contributed by atoms with Gasteiger partial charge in [-0.2, -0.15) is 13.2 Å². The summed E-state index contributed by atoms with van der Waals surface area (Å²) in [5.41, 5.74) is -3.13. The zero-order valence-electron chi connectivity index (χ0n) is 11.9. The normalized spacial score (nSPS) is 19.4. The predicted molar refractivity (Wildman–Crippen MR) is 82.6 cm³/mol. The fourth-order valence-corrected chi connectivity index (χ4v) is 2.47. The standard InChI is InChI=1S/C17H9ClF3NO2/c18-12-6-7-14-13(10-12)16(17(19,20)21,24-15(23)22-14)9-8-11-4-2-1-3-5-11/h1-7,10H,(H,22,23). The summed E-state index contributed by atoms with van der Waals surface area (Å²) in [6, 6.07) is 11.8. The van der Waals surface area contributed by atoms with Gasteiger partial charge in [-0.1, -0.05) is 35.7 Å². The van der Waals surface area contributed by atoms with E-state index in [-0.39, 0.29) is 16.3 Å². The lowest BCUT2D eigenvalue weighted by Gasteiger charge is -2.35. The number of hydrogen-bond acceptors (Lipinski definition) is 2. The van der Waals surface area contributed by atoms with Gasteiger partial charge in [0.05, 0.1) is 5.69 Å². The summed E-state index contributed by atoms with van der Waals surface area (Å²) in [7, 11) is 0. The number of carbonyl (C=O) groups excluding carboxylic acids is 1. The molecule has 1 N–H and O–H groups in total. The molecular formula is C17H9ClF3NO2. The number of ether oxygens (including phenoxy) is 1. The third-order valence-corrected chi connectivity index (χ3v) is 3.63. The third-order valence-electron chi connectivity index (χ3n) is 3.40. The molecular weight excluding hydrogens is 343 g/mol. The van der Waals surface area contributed by atoms with Crippen molar-refractivity contribution in [3.05, 3.63) is 64.7 Å². The van der Waals surface area contributed by atoms with Crippen LogP contribution in [0.5, 0.6) is 0 Å². The molecule has 0 spiro atoms. The highest BCUT2D eigenvalue weighted by molar-refractivity contribution is 6.30. The Hall–Kier alpha value is -2.65. The minimum absolute atomic E-state index is 0.0460. The van der Waals surface area contributed by atoms with Crippen LogP contribution in [0.1, 0.15) is 11.1 Å². The van der Waals surface area contributed by atoms with E-state index in [2.05, 4.69) is 21.9 Å². The van der Waals surface area contributed by atoms with Crippen molar-refractivity contribution in [1.29, 1.82) is 0 Å². The first-order valence-corrected chi connectivity index (χ1v) is 7.14. The highest BCUT2D eigenvalue weighted by Gasteiger charge is 2.62. The summed E-state index contributed by atoms with van der Waals surface area (Å²) >= 11 is 5.82. The van der Waals surface area contributed by atoms with Gasteiger partial charge in [-0.15, -0.1) is 0 Å². The Morgan fingerprint density at radius 1 is 1.12 bits per heavy atom. The lowest BCUT2D eigenvalue weighted by molar-refractivity contribution is -0.239. The number of halogens is 4. The third kappa shape index (κ3) is 2.79. The van der Waals surface area contributed by atoms with Crippen LogP contribution in [0.3, 0.4) is 0 Å². The van der Waals surface area contributed by atoms with Gasteiger partial charge in [0.15, 0.2) is 0 Å². The number of amides is 1. The minimum Gasteiger partial charge on any atom is -0.415 e. The van der Waals surface area contributed by atoms with E-state index >= 15 is 0 Å². The summed E-state index contributed by atoms with van der Waals surface area (Å²) < 4.78 is 46.1. The van der Waals surface area contributed by atoms with E-state index in [4.69, 9.17) is 11.6 Å². The van der Waals surface area contributed by atoms with Gasteiger partial charge < -0.3 is 4.74 Å². The van der Waals surface area contributed by atoms with Crippen LogP contribution in [-0.4, -0.2) is 12.3 Å². The first-order chi connectivity index (χ1) is 11.3. The summed E-state index contributed by atoms with van der Waals surface area (Å²) in [5.74, 6) is 4.51. The quantitative estimate of drug-likeness (QED) is 0.698. The lowest BCUT2D eigenvalue weighted by Crippen LogP contribution is -2.49. The first-order valence-electron chi connectivity index (χ1n) is 6.77. The monoisotopic (exact) mass is 351 g/mol. The number of hydrogen-bond donors (Lipinski definition) is 1. The average molecular weight is 352 g/mol. The Bertz CT molecular complexity index is 856. The molecule has 24 heavy (non-hydrogen) atoms. The number of benzene rings is 2. The van der Waals surface area contributed by atoms with Crippen molar-refractivity contribution in [1.82, 2.24) is 0 Å². The Kier molecular flexibility index (Phi) is 3.90. The van der Waals surface area contributed by atoms with Crippen molar-refractivity contribution in [2.45, 2.75) is 11.8 Å². The van der Waals surface area contributed by atoms with Crippen LogP contribution < -0.4 is 5.32 Å². The van der Waals surface area contributed by atoms with E-state index < -0.39 is 17.9 Å². The topological polar surface area (TPSA) is 38.3 Å². The van der Waals surface area contributed by atoms with E-state index in [1.54, 1.807) is 30.3 Å². The summed E-state index contributed by atoms with van der Waals surface area (Å²) in [5, 5.41) is 2.30. The molecule has 0 aliphatic carbocycles. The van der Waals surface area contributed by atoms with Crippen LogP contribution in [0.15, 0.2) is 48.5 Å². The molecule has 2 aromatic rings. The second kappa shape index (κ2) is 5.77. The predicted octanol–water partition coefficient (Wildman–Crippen LogP) is 4.71. The molecule has 1 unspecified atom stereocenters. The van der Waals surface area contributed by atoms with Crippen LogP contribution >= 0.6 is 11.6 Å². The molecule has 0 radical (unpaired) electrons. The van der Waals surface area contributed by atoms with Crippen LogP contribution in [0.2, 0.25) is 5.02 Å². The largest absolute Gasteiger partial charge is 0.445 e. The van der Waals surface area contributed by atoms with Crippen LogP contribution in [0, 0.1) is 11.8 Å². The summed E-state index contributed by atoms with van der Waals surface area (Å²) in [6.45, 7) is 0. The Morgan fingerprint density at radius 3 is 2.50 bits per heavy atom. The number of fused-ring (bicyclic) bond motifs is 1. The molecule has 3 nitrogen and oxygen atoms in total. The molecule has 1 amide bonds. The first kappa shape index (κ1) is 16.2. The van der Waals surface area contributed by atoms with E-state index in [1.165, 1.54) is 12.1 Å². The van der Waals surface area contributed by atoms with Gasteiger partial charge >= 0.3 is 12.3 Å². The number of cyclic esters (lactones) is 1. The van der Waals surface area contributed by atoms with Crippen molar-refractivity contribution in [2.75, 3.05) is 5.32 Å². The van der Waals surface area contributed by atoms with Crippen molar-refractivity contribution in [3.63, 3.8) is 0 Å². The molecule has 2 aromatic carbocycles. The molecule has 1 aliphatic rings.